The third-order valence-corrected chi connectivity index (χ3v) is 4.93. The van der Waals surface area contributed by atoms with E-state index in [9.17, 15) is 8.78 Å². The van der Waals surface area contributed by atoms with Crippen LogP contribution in [0.3, 0.4) is 0 Å². The lowest BCUT2D eigenvalue weighted by Crippen LogP contribution is -1.96. The molecule has 2 aromatic carbocycles. The minimum atomic E-state index is -0.849. The van der Waals surface area contributed by atoms with Crippen LogP contribution in [0.4, 0.5) is 8.78 Å². The summed E-state index contributed by atoms with van der Waals surface area (Å²) in [5, 5.41) is 0. The van der Waals surface area contributed by atoms with Crippen LogP contribution in [-0.2, 0) is 12.8 Å². The number of hydrogen-bond donors (Lipinski definition) is 0. The molecule has 0 amide bonds. The van der Waals surface area contributed by atoms with Gasteiger partial charge in [0.05, 0.1) is 5.69 Å². The van der Waals surface area contributed by atoms with Crippen molar-refractivity contribution in [1.82, 2.24) is 4.98 Å². The molecule has 0 fully saturated rings. The van der Waals surface area contributed by atoms with Crippen LogP contribution in [0.5, 0.6) is 0 Å². The SMILES string of the molecule is CCCCCc1ccc(-c2ccc(-c3ccc(CC)cc3)c(F)c2F)nc1. The van der Waals surface area contributed by atoms with Crippen LogP contribution in [0.25, 0.3) is 22.4 Å². The van der Waals surface area contributed by atoms with Crippen LogP contribution in [0.2, 0.25) is 0 Å². The van der Waals surface area contributed by atoms with Gasteiger partial charge >= 0.3 is 0 Å². The number of hydrogen-bond acceptors (Lipinski definition) is 1. The van der Waals surface area contributed by atoms with Gasteiger partial charge in [-0.15, -0.1) is 0 Å². The fraction of sp³-hybridized carbons (Fsp3) is 0.292. The van der Waals surface area contributed by atoms with Crippen molar-refractivity contribution < 1.29 is 8.78 Å². The molecule has 0 spiro atoms. The van der Waals surface area contributed by atoms with Gasteiger partial charge in [0.2, 0.25) is 0 Å². The zero-order valence-electron chi connectivity index (χ0n) is 15.9. The molecule has 0 N–H and O–H groups in total. The maximum absolute atomic E-state index is 14.7. The van der Waals surface area contributed by atoms with Gasteiger partial charge in [-0.1, -0.05) is 63.1 Å². The maximum atomic E-state index is 14.7. The third-order valence-electron chi connectivity index (χ3n) is 4.93. The standard InChI is InChI=1S/C24H25F2N/c1-3-5-6-7-18-10-15-22(27-16-18)21-14-13-20(23(25)24(21)26)19-11-8-17(4-2)9-12-19/h8-16H,3-7H2,1-2H3. The molecule has 140 valence electrons. The summed E-state index contributed by atoms with van der Waals surface area (Å²) in [7, 11) is 0. The van der Waals surface area contributed by atoms with E-state index in [2.05, 4.69) is 18.8 Å². The quantitative estimate of drug-likeness (QED) is 0.411. The summed E-state index contributed by atoms with van der Waals surface area (Å²) in [6, 6.07) is 14.5. The first kappa shape index (κ1) is 19.2. The molecule has 0 saturated heterocycles. The van der Waals surface area contributed by atoms with Gasteiger partial charge in [-0.05, 0) is 48.1 Å². The van der Waals surface area contributed by atoms with E-state index in [1.165, 1.54) is 18.4 Å². The highest BCUT2D eigenvalue weighted by Crippen LogP contribution is 2.31. The van der Waals surface area contributed by atoms with Gasteiger partial charge in [-0.25, -0.2) is 8.78 Å². The number of nitrogens with zero attached hydrogens (tertiary/aromatic N) is 1. The van der Waals surface area contributed by atoms with E-state index in [-0.39, 0.29) is 11.1 Å². The molecule has 1 aromatic heterocycles. The molecule has 3 heteroatoms. The van der Waals surface area contributed by atoms with E-state index in [0.717, 1.165) is 24.8 Å². The molecule has 0 aliphatic heterocycles. The van der Waals surface area contributed by atoms with Crippen LogP contribution in [0.15, 0.2) is 54.7 Å². The van der Waals surface area contributed by atoms with E-state index in [1.54, 1.807) is 24.4 Å². The Hall–Kier alpha value is -2.55. The van der Waals surface area contributed by atoms with E-state index in [1.807, 2.05) is 30.3 Å². The van der Waals surface area contributed by atoms with Gasteiger partial charge in [0.15, 0.2) is 11.6 Å². The molecule has 0 saturated carbocycles. The van der Waals surface area contributed by atoms with Crippen LogP contribution in [0, 0.1) is 11.6 Å². The van der Waals surface area contributed by atoms with Crippen molar-refractivity contribution in [3.8, 4) is 22.4 Å². The van der Waals surface area contributed by atoms with Crippen molar-refractivity contribution in [2.45, 2.75) is 46.0 Å². The number of halogens is 2. The van der Waals surface area contributed by atoms with Crippen LogP contribution >= 0.6 is 0 Å². The molecule has 0 aliphatic carbocycles. The maximum Gasteiger partial charge on any atom is 0.168 e. The Morgan fingerprint density at radius 1 is 0.741 bits per heavy atom. The van der Waals surface area contributed by atoms with Crippen molar-refractivity contribution in [2.24, 2.45) is 0 Å². The summed E-state index contributed by atoms with van der Waals surface area (Å²) in [6.07, 6.45) is 7.11. The third kappa shape index (κ3) is 4.41. The largest absolute Gasteiger partial charge is 0.256 e. The number of pyridine rings is 1. The summed E-state index contributed by atoms with van der Waals surface area (Å²) in [4.78, 5) is 4.35. The molecule has 0 aliphatic rings. The molecule has 0 unspecified atom stereocenters. The van der Waals surface area contributed by atoms with Gasteiger partial charge in [-0.2, -0.15) is 0 Å². The number of unbranched alkanes of at least 4 members (excludes halogenated alkanes) is 2. The molecule has 27 heavy (non-hydrogen) atoms. The lowest BCUT2D eigenvalue weighted by atomic mass is 9.99. The van der Waals surface area contributed by atoms with Gasteiger partial charge in [-0.3, -0.25) is 4.98 Å². The minimum Gasteiger partial charge on any atom is -0.256 e. The lowest BCUT2D eigenvalue weighted by molar-refractivity contribution is 0.513. The summed E-state index contributed by atoms with van der Waals surface area (Å²) < 4.78 is 29.4. The monoisotopic (exact) mass is 365 g/mol. The smallest absolute Gasteiger partial charge is 0.168 e. The zero-order valence-corrected chi connectivity index (χ0v) is 15.9. The Morgan fingerprint density at radius 3 is 2.04 bits per heavy atom. The van der Waals surface area contributed by atoms with Crippen molar-refractivity contribution in [3.05, 3.63) is 77.5 Å². The second kappa shape index (κ2) is 8.90. The van der Waals surface area contributed by atoms with Gasteiger partial charge < -0.3 is 0 Å². The van der Waals surface area contributed by atoms with Crippen LogP contribution in [0.1, 0.15) is 44.2 Å². The molecule has 1 nitrogen and oxygen atoms in total. The Balaban J connectivity index is 1.86. The average Bonchev–Trinajstić information content (AvgIpc) is 2.71. The normalized spacial score (nSPS) is 11.0. The van der Waals surface area contributed by atoms with Crippen molar-refractivity contribution in [1.29, 1.82) is 0 Å². The van der Waals surface area contributed by atoms with E-state index >= 15 is 0 Å². The molecule has 0 radical (unpaired) electrons. The van der Waals surface area contributed by atoms with Crippen molar-refractivity contribution in [3.63, 3.8) is 0 Å². The zero-order chi connectivity index (χ0) is 19.2. The Labute approximate surface area is 160 Å². The summed E-state index contributed by atoms with van der Waals surface area (Å²) >= 11 is 0. The minimum absolute atomic E-state index is 0.196. The summed E-state index contributed by atoms with van der Waals surface area (Å²) in [5.74, 6) is -1.68. The average molecular weight is 365 g/mol. The highest BCUT2D eigenvalue weighted by molar-refractivity contribution is 5.70. The number of aryl methyl sites for hydroxylation is 2. The van der Waals surface area contributed by atoms with E-state index in [0.29, 0.717) is 11.3 Å². The Bertz CT molecular complexity index is 884. The van der Waals surface area contributed by atoms with E-state index < -0.39 is 11.6 Å². The molecular weight excluding hydrogens is 340 g/mol. The first-order valence-electron chi connectivity index (χ1n) is 9.66. The second-order valence-electron chi connectivity index (χ2n) is 6.85. The van der Waals surface area contributed by atoms with Crippen LogP contribution < -0.4 is 0 Å². The van der Waals surface area contributed by atoms with Crippen molar-refractivity contribution in [2.75, 3.05) is 0 Å². The fourth-order valence-corrected chi connectivity index (χ4v) is 3.20. The highest BCUT2D eigenvalue weighted by Gasteiger charge is 2.16. The topological polar surface area (TPSA) is 12.9 Å². The molecular formula is C24H25F2N. The molecule has 3 rings (SSSR count). The molecule has 1 heterocycles. The van der Waals surface area contributed by atoms with Gasteiger partial charge in [0.1, 0.15) is 0 Å². The van der Waals surface area contributed by atoms with Crippen LogP contribution in [-0.4, -0.2) is 4.98 Å². The first-order valence-corrected chi connectivity index (χ1v) is 9.66. The van der Waals surface area contributed by atoms with Crippen molar-refractivity contribution >= 4 is 0 Å². The highest BCUT2D eigenvalue weighted by atomic mass is 19.2. The Kier molecular flexibility index (Phi) is 6.33. The van der Waals surface area contributed by atoms with Gasteiger partial charge in [0, 0.05) is 17.3 Å². The van der Waals surface area contributed by atoms with E-state index in [4.69, 9.17) is 0 Å². The second-order valence-corrected chi connectivity index (χ2v) is 6.85. The lowest BCUT2D eigenvalue weighted by Gasteiger charge is -2.10. The van der Waals surface area contributed by atoms with Gasteiger partial charge in [0.25, 0.3) is 0 Å². The first-order chi connectivity index (χ1) is 13.1. The molecule has 0 bridgehead atoms. The number of aromatic nitrogens is 1. The summed E-state index contributed by atoms with van der Waals surface area (Å²) in [5.41, 5.74) is 3.89. The fourth-order valence-electron chi connectivity index (χ4n) is 3.20. The molecule has 3 aromatic rings. The molecule has 0 atom stereocenters. The predicted octanol–water partition coefficient (Wildman–Crippen LogP) is 6.99. The number of rotatable bonds is 7. The number of benzene rings is 2. The Morgan fingerprint density at radius 2 is 1.41 bits per heavy atom. The summed E-state index contributed by atoms with van der Waals surface area (Å²) in [6.45, 7) is 4.23. The predicted molar refractivity (Wildman–Crippen MR) is 108 cm³/mol.